The summed E-state index contributed by atoms with van der Waals surface area (Å²) in [6.07, 6.45) is 1.72. The van der Waals surface area contributed by atoms with E-state index in [4.69, 9.17) is 18.9 Å². The number of fused-ring (bicyclic) bond motifs is 3. The van der Waals surface area contributed by atoms with Gasteiger partial charge < -0.3 is 34.9 Å². The molecule has 3 atom stereocenters. The Morgan fingerprint density at radius 2 is 1.79 bits per heavy atom. The highest BCUT2D eigenvalue weighted by molar-refractivity contribution is 7.17. The molecule has 2 aromatic carbocycles. The number of amides is 2. The van der Waals surface area contributed by atoms with Crippen LogP contribution in [0.5, 0.6) is 17.2 Å². The third-order valence-corrected chi connectivity index (χ3v) is 9.26. The number of methoxy groups -OCH3 is 3. The number of aryl methyl sites for hydroxylation is 2. The number of esters is 1. The van der Waals surface area contributed by atoms with E-state index >= 15 is 0 Å². The summed E-state index contributed by atoms with van der Waals surface area (Å²) < 4.78 is 22.2. The second-order valence-corrected chi connectivity index (χ2v) is 12.2. The van der Waals surface area contributed by atoms with Crippen LogP contribution in [0.4, 0.5) is 10.8 Å². The zero-order valence-corrected chi connectivity index (χ0v) is 28.8. The molecule has 0 bridgehead atoms. The standard InChI is InChI=1S/C34H42N4O8S/c1-9-17(3)28(32(41)38-34-35-18(4)31(47-34)33(42)46-10-2)37-24-14-12-21-22(16-25(24)40)23(36-19(5)39)13-11-20-15-26(43-6)29(44-7)30(45-8)27(20)21/h12,14-17,23,28H,9-11,13H2,1-8H3,(H,36,39)(H,37,40)(H,35,38,41)/t17-,23+,28+/m0/s1. The number of aromatic nitrogens is 1. The van der Waals surface area contributed by atoms with Crippen molar-refractivity contribution in [1.82, 2.24) is 10.3 Å². The van der Waals surface area contributed by atoms with E-state index in [-0.39, 0.29) is 34.7 Å². The molecule has 1 aliphatic rings. The quantitative estimate of drug-likeness (QED) is 0.218. The summed E-state index contributed by atoms with van der Waals surface area (Å²) in [6.45, 7) is 8.91. The minimum absolute atomic E-state index is 0.187. The van der Waals surface area contributed by atoms with Gasteiger partial charge in [-0.05, 0) is 67.5 Å². The van der Waals surface area contributed by atoms with Crippen molar-refractivity contribution in [3.05, 3.63) is 56.2 Å². The number of hydrogen-bond acceptors (Lipinski definition) is 11. The lowest BCUT2D eigenvalue weighted by Gasteiger charge is -2.23. The third-order valence-electron chi connectivity index (χ3n) is 8.21. The van der Waals surface area contributed by atoms with Gasteiger partial charge in [-0.2, -0.15) is 0 Å². The van der Waals surface area contributed by atoms with Crippen LogP contribution in [0.2, 0.25) is 0 Å². The van der Waals surface area contributed by atoms with Crippen LogP contribution in [0.1, 0.15) is 73.1 Å². The van der Waals surface area contributed by atoms with Gasteiger partial charge in [-0.15, -0.1) is 0 Å². The van der Waals surface area contributed by atoms with Crippen LogP contribution in [-0.2, 0) is 20.7 Å². The maximum atomic E-state index is 13.9. The fourth-order valence-electron chi connectivity index (χ4n) is 5.72. The lowest BCUT2D eigenvalue weighted by molar-refractivity contribution is -0.120. The number of thiazole rings is 1. The van der Waals surface area contributed by atoms with Gasteiger partial charge in [-0.1, -0.05) is 37.7 Å². The number of carbonyl (C=O) groups is 3. The second-order valence-electron chi connectivity index (χ2n) is 11.2. The van der Waals surface area contributed by atoms with Crippen molar-refractivity contribution >= 4 is 39.9 Å². The van der Waals surface area contributed by atoms with Crippen molar-refractivity contribution in [3.63, 3.8) is 0 Å². The topological polar surface area (TPSA) is 154 Å². The van der Waals surface area contributed by atoms with Gasteiger partial charge in [0.2, 0.25) is 23.0 Å². The molecule has 1 aliphatic carbocycles. The predicted molar refractivity (Wildman–Crippen MR) is 181 cm³/mol. The van der Waals surface area contributed by atoms with E-state index in [2.05, 4.69) is 20.9 Å². The largest absolute Gasteiger partial charge is 0.493 e. The average molecular weight is 667 g/mol. The van der Waals surface area contributed by atoms with Crippen molar-refractivity contribution in [2.45, 2.75) is 66.0 Å². The highest BCUT2D eigenvalue weighted by atomic mass is 32.1. The predicted octanol–water partition coefficient (Wildman–Crippen LogP) is 5.27. The smallest absolute Gasteiger partial charge is 0.350 e. The van der Waals surface area contributed by atoms with E-state index in [0.717, 1.165) is 22.5 Å². The molecule has 12 nitrogen and oxygen atoms in total. The fraction of sp³-hybridized carbons (Fsp3) is 0.441. The molecular formula is C34H42N4O8S. The van der Waals surface area contributed by atoms with Crippen LogP contribution in [0.25, 0.3) is 11.1 Å². The molecule has 0 aliphatic heterocycles. The van der Waals surface area contributed by atoms with E-state index in [0.29, 0.717) is 58.2 Å². The Morgan fingerprint density at radius 3 is 2.40 bits per heavy atom. The Bertz CT molecular complexity index is 1720. The molecule has 2 amide bonds. The minimum Gasteiger partial charge on any atom is -0.493 e. The molecule has 0 radical (unpaired) electrons. The maximum Gasteiger partial charge on any atom is 0.350 e. The summed E-state index contributed by atoms with van der Waals surface area (Å²) in [5.41, 5.74) is 3.20. The first kappa shape index (κ1) is 35.2. The van der Waals surface area contributed by atoms with Crippen LogP contribution in [0, 0.1) is 12.8 Å². The van der Waals surface area contributed by atoms with Gasteiger partial charge >= 0.3 is 5.97 Å². The lowest BCUT2D eigenvalue weighted by atomic mass is 9.95. The maximum absolute atomic E-state index is 13.9. The summed E-state index contributed by atoms with van der Waals surface area (Å²) in [5, 5.41) is 9.25. The van der Waals surface area contributed by atoms with Crippen molar-refractivity contribution in [2.75, 3.05) is 38.6 Å². The number of rotatable bonds is 12. The molecule has 0 unspecified atom stereocenters. The second kappa shape index (κ2) is 15.3. The first-order valence-corrected chi connectivity index (χ1v) is 16.3. The Morgan fingerprint density at radius 1 is 1.06 bits per heavy atom. The summed E-state index contributed by atoms with van der Waals surface area (Å²) in [6, 6.07) is 5.55. The molecule has 0 spiro atoms. The first-order chi connectivity index (χ1) is 22.5. The number of benzene rings is 1. The van der Waals surface area contributed by atoms with Gasteiger partial charge in [-0.25, -0.2) is 9.78 Å². The molecule has 0 saturated carbocycles. The van der Waals surface area contributed by atoms with Crippen molar-refractivity contribution in [3.8, 4) is 28.4 Å². The van der Waals surface area contributed by atoms with Crippen molar-refractivity contribution < 1.29 is 33.3 Å². The van der Waals surface area contributed by atoms with Gasteiger partial charge in [0.05, 0.1) is 45.4 Å². The summed E-state index contributed by atoms with van der Waals surface area (Å²) >= 11 is 1.03. The number of nitrogens with one attached hydrogen (secondary N) is 3. The minimum atomic E-state index is -0.817. The summed E-state index contributed by atoms with van der Waals surface area (Å²) in [5.74, 6) is 0.0211. The van der Waals surface area contributed by atoms with Crippen LogP contribution >= 0.6 is 11.3 Å². The third kappa shape index (κ3) is 7.51. The van der Waals surface area contributed by atoms with E-state index in [1.54, 1.807) is 33.1 Å². The molecule has 13 heteroatoms. The normalized spacial score (nSPS) is 14.8. The molecule has 1 aromatic heterocycles. The Kier molecular flexibility index (Phi) is 11.5. The number of ether oxygens (including phenoxy) is 4. The van der Waals surface area contributed by atoms with Crippen molar-refractivity contribution in [2.24, 2.45) is 5.92 Å². The van der Waals surface area contributed by atoms with E-state index in [1.807, 2.05) is 19.9 Å². The number of nitrogens with zero attached hydrogens (tertiary/aromatic N) is 1. The average Bonchev–Trinajstić information content (AvgIpc) is 3.25. The highest BCUT2D eigenvalue weighted by Gasteiger charge is 2.31. The lowest BCUT2D eigenvalue weighted by Crippen LogP contribution is -2.40. The molecule has 252 valence electrons. The number of hydrogen-bond donors (Lipinski definition) is 3. The zero-order chi connectivity index (χ0) is 34.4. The molecule has 3 aromatic rings. The van der Waals surface area contributed by atoms with E-state index in [1.165, 1.54) is 27.2 Å². The molecule has 0 saturated heterocycles. The first-order valence-electron chi connectivity index (χ1n) is 15.5. The monoisotopic (exact) mass is 666 g/mol. The molecule has 3 N–H and O–H groups in total. The van der Waals surface area contributed by atoms with Crippen molar-refractivity contribution in [1.29, 1.82) is 0 Å². The van der Waals surface area contributed by atoms with Gasteiger partial charge in [-0.3, -0.25) is 14.4 Å². The zero-order valence-electron chi connectivity index (χ0n) is 28.0. The SMILES string of the molecule is CCOC(=O)c1sc(NC(=O)[C@H](Nc2ccc3c(cc2=O)[C@H](NC(C)=O)CCc2cc(OC)c(OC)c(OC)c2-3)[C@@H](C)CC)nc1C. The fourth-order valence-corrected chi connectivity index (χ4v) is 6.58. The van der Waals surface area contributed by atoms with Gasteiger partial charge in [0.25, 0.3) is 0 Å². The van der Waals surface area contributed by atoms with Crippen LogP contribution in [-0.4, -0.2) is 56.7 Å². The summed E-state index contributed by atoms with van der Waals surface area (Å²) in [4.78, 5) is 56.8. The van der Waals surface area contributed by atoms with Gasteiger partial charge in [0.1, 0.15) is 10.9 Å². The molecular weight excluding hydrogens is 624 g/mol. The van der Waals surface area contributed by atoms with Crippen LogP contribution in [0.15, 0.2) is 29.1 Å². The molecule has 4 rings (SSSR count). The highest BCUT2D eigenvalue weighted by Crippen LogP contribution is 2.50. The van der Waals surface area contributed by atoms with Gasteiger partial charge in [0.15, 0.2) is 16.6 Å². The van der Waals surface area contributed by atoms with Crippen LogP contribution in [0.3, 0.4) is 0 Å². The van der Waals surface area contributed by atoms with Crippen LogP contribution < -0.4 is 35.6 Å². The number of carbonyl (C=O) groups excluding carboxylic acids is 3. The number of anilines is 2. The Labute approximate surface area is 278 Å². The van der Waals surface area contributed by atoms with Gasteiger partial charge in [0, 0.05) is 12.5 Å². The summed E-state index contributed by atoms with van der Waals surface area (Å²) in [7, 11) is 4.62. The Hall–Kier alpha value is -4.65. The Balaban J connectivity index is 1.81. The van der Waals surface area contributed by atoms with E-state index < -0.39 is 24.0 Å². The molecule has 0 fully saturated rings. The van der Waals surface area contributed by atoms with E-state index in [9.17, 15) is 19.2 Å². The molecule has 47 heavy (non-hydrogen) atoms. The molecule has 1 heterocycles.